The number of Topliss-reactive ketones (excluding diaryl/α,β-unsaturated/α-hetero) is 1. The second-order valence-electron chi connectivity index (χ2n) is 3.94. The van der Waals surface area contributed by atoms with E-state index in [0.29, 0.717) is 29.7 Å². The minimum Gasteiger partial charge on any atom is -0.381 e. The van der Waals surface area contributed by atoms with Crippen molar-refractivity contribution in [3.63, 3.8) is 0 Å². The van der Waals surface area contributed by atoms with E-state index in [1.54, 1.807) is 18.2 Å². The lowest BCUT2D eigenvalue weighted by atomic mass is 9.97. The minimum absolute atomic E-state index is 0.0232. The summed E-state index contributed by atoms with van der Waals surface area (Å²) in [6.07, 6.45) is 1.16. The van der Waals surface area contributed by atoms with Gasteiger partial charge in [0.15, 0.2) is 0 Å². The summed E-state index contributed by atoms with van der Waals surface area (Å²) in [6, 6.07) is 5.19. The molecule has 0 aliphatic carbocycles. The zero-order valence-corrected chi connectivity index (χ0v) is 10.2. The Hall–Kier alpha value is -0.570. The van der Waals surface area contributed by atoms with E-state index < -0.39 is 0 Å². The van der Waals surface area contributed by atoms with Gasteiger partial charge < -0.3 is 4.74 Å². The summed E-state index contributed by atoms with van der Waals surface area (Å²) >= 11 is 11.9. The molecule has 1 atom stereocenters. The molecule has 1 aromatic rings. The van der Waals surface area contributed by atoms with Gasteiger partial charge in [0.25, 0.3) is 0 Å². The highest BCUT2D eigenvalue weighted by atomic mass is 35.5. The van der Waals surface area contributed by atoms with Crippen LogP contribution in [-0.2, 0) is 16.0 Å². The van der Waals surface area contributed by atoms with Crippen LogP contribution in [0.5, 0.6) is 0 Å². The van der Waals surface area contributed by atoms with Crippen LogP contribution < -0.4 is 0 Å². The maximum absolute atomic E-state index is 11.9. The Morgan fingerprint density at radius 1 is 1.44 bits per heavy atom. The first-order valence-corrected chi connectivity index (χ1v) is 5.97. The molecule has 1 fully saturated rings. The molecule has 16 heavy (non-hydrogen) atoms. The summed E-state index contributed by atoms with van der Waals surface area (Å²) in [6.45, 7) is 1.22. The smallest absolute Gasteiger partial charge is 0.142 e. The van der Waals surface area contributed by atoms with E-state index in [0.717, 1.165) is 12.0 Å². The van der Waals surface area contributed by atoms with Crippen molar-refractivity contribution in [2.45, 2.75) is 12.8 Å². The molecule has 0 amide bonds. The summed E-state index contributed by atoms with van der Waals surface area (Å²) in [5.74, 6) is 0.205. The standard InChI is InChI=1S/C12H12Cl2O2/c13-10-1-2-11(14)9(5-10)6-12(15)8-3-4-16-7-8/h1-2,5,8H,3-4,6-7H2. The molecular weight excluding hydrogens is 247 g/mol. The number of hydrogen-bond donors (Lipinski definition) is 0. The van der Waals surface area contributed by atoms with E-state index >= 15 is 0 Å². The largest absolute Gasteiger partial charge is 0.381 e. The highest BCUT2D eigenvalue weighted by Gasteiger charge is 2.23. The van der Waals surface area contributed by atoms with E-state index in [9.17, 15) is 4.79 Å². The fourth-order valence-electron chi connectivity index (χ4n) is 1.80. The fourth-order valence-corrected chi connectivity index (χ4v) is 2.18. The second-order valence-corrected chi connectivity index (χ2v) is 4.78. The van der Waals surface area contributed by atoms with Crippen molar-refractivity contribution in [3.8, 4) is 0 Å². The van der Waals surface area contributed by atoms with Crippen molar-refractivity contribution in [3.05, 3.63) is 33.8 Å². The number of ether oxygens (including phenoxy) is 1. The van der Waals surface area contributed by atoms with E-state index in [2.05, 4.69) is 0 Å². The van der Waals surface area contributed by atoms with Crippen LogP contribution in [0.25, 0.3) is 0 Å². The first-order chi connectivity index (χ1) is 7.66. The average molecular weight is 259 g/mol. The number of hydrogen-bond acceptors (Lipinski definition) is 2. The van der Waals surface area contributed by atoms with E-state index in [4.69, 9.17) is 27.9 Å². The third-order valence-electron chi connectivity index (χ3n) is 2.76. The molecule has 2 rings (SSSR count). The summed E-state index contributed by atoms with van der Waals surface area (Å²) in [7, 11) is 0. The van der Waals surface area contributed by atoms with Crippen LogP contribution in [0.2, 0.25) is 10.0 Å². The van der Waals surface area contributed by atoms with Crippen LogP contribution in [-0.4, -0.2) is 19.0 Å². The fraction of sp³-hybridized carbons (Fsp3) is 0.417. The lowest BCUT2D eigenvalue weighted by molar-refractivity contribution is -0.122. The van der Waals surface area contributed by atoms with Gasteiger partial charge in [-0.15, -0.1) is 0 Å². The van der Waals surface area contributed by atoms with Crippen molar-refractivity contribution < 1.29 is 9.53 Å². The maximum Gasteiger partial charge on any atom is 0.142 e. The van der Waals surface area contributed by atoms with Crippen LogP contribution in [0.3, 0.4) is 0 Å². The predicted molar refractivity (Wildman–Crippen MR) is 64.1 cm³/mol. The summed E-state index contributed by atoms with van der Waals surface area (Å²) in [5.41, 5.74) is 0.797. The van der Waals surface area contributed by atoms with Gasteiger partial charge in [0.1, 0.15) is 5.78 Å². The van der Waals surface area contributed by atoms with E-state index in [1.165, 1.54) is 0 Å². The first-order valence-electron chi connectivity index (χ1n) is 5.21. The zero-order valence-electron chi connectivity index (χ0n) is 8.71. The molecule has 1 aliphatic heterocycles. The quantitative estimate of drug-likeness (QED) is 0.833. The van der Waals surface area contributed by atoms with E-state index in [1.807, 2.05) is 0 Å². The highest BCUT2D eigenvalue weighted by molar-refractivity contribution is 6.33. The van der Waals surface area contributed by atoms with Crippen LogP contribution in [0.4, 0.5) is 0 Å². The van der Waals surface area contributed by atoms with Crippen molar-refractivity contribution in [1.29, 1.82) is 0 Å². The molecule has 0 bridgehead atoms. The second kappa shape index (κ2) is 5.17. The molecule has 1 heterocycles. The van der Waals surface area contributed by atoms with Gasteiger partial charge in [0, 0.05) is 29.0 Å². The Labute approximate surface area is 104 Å². The molecule has 2 nitrogen and oxygen atoms in total. The molecule has 1 unspecified atom stereocenters. The Bertz CT molecular complexity index is 398. The predicted octanol–water partition coefficient (Wildman–Crippen LogP) is 3.14. The molecule has 4 heteroatoms. The number of halogens is 2. The van der Waals surface area contributed by atoms with Crippen LogP contribution >= 0.6 is 23.2 Å². The van der Waals surface area contributed by atoms with Crippen molar-refractivity contribution in [1.82, 2.24) is 0 Å². The molecule has 1 saturated heterocycles. The van der Waals surface area contributed by atoms with Crippen LogP contribution in [0.15, 0.2) is 18.2 Å². The number of carbonyl (C=O) groups is 1. The molecule has 86 valence electrons. The lowest BCUT2D eigenvalue weighted by Gasteiger charge is -2.08. The van der Waals surface area contributed by atoms with Crippen LogP contribution in [0.1, 0.15) is 12.0 Å². The van der Waals surface area contributed by atoms with Gasteiger partial charge in [-0.25, -0.2) is 0 Å². The van der Waals surface area contributed by atoms with Crippen LogP contribution in [0, 0.1) is 5.92 Å². The number of carbonyl (C=O) groups excluding carboxylic acids is 1. The number of benzene rings is 1. The monoisotopic (exact) mass is 258 g/mol. The lowest BCUT2D eigenvalue weighted by Crippen LogP contribution is -2.16. The van der Waals surface area contributed by atoms with E-state index in [-0.39, 0.29) is 11.7 Å². The molecule has 0 N–H and O–H groups in total. The summed E-state index contributed by atoms with van der Waals surface area (Å²) in [4.78, 5) is 11.9. The van der Waals surface area contributed by atoms with Crippen molar-refractivity contribution in [2.24, 2.45) is 5.92 Å². The Balaban J connectivity index is 2.07. The topological polar surface area (TPSA) is 26.3 Å². The SMILES string of the molecule is O=C(Cc1cc(Cl)ccc1Cl)C1CCOC1. The highest BCUT2D eigenvalue weighted by Crippen LogP contribution is 2.23. The van der Waals surface area contributed by atoms with Gasteiger partial charge in [-0.05, 0) is 30.2 Å². The van der Waals surface area contributed by atoms with Gasteiger partial charge in [-0.2, -0.15) is 0 Å². The van der Waals surface area contributed by atoms with Gasteiger partial charge in [0.2, 0.25) is 0 Å². The van der Waals surface area contributed by atoms with Crippen molar-refractivity contribution in [2.75, 3.05) is 13.2 Å². The van der Waals surface area contributed by atoms with Crippen molar-refractivity contribution >= 4 is 29.0 Å². The summed E-state index contributed by atoms with van der Waals surface area (Å²) in [5, 5.41) is 1.20. The number of ketones is 1. The Kier molecular flexibility index (Phi) is 3.85. The minimum atomic E-state index is 0.0232. The molecule has 0 saturated carbocycles. The first kappa shape index (κ1) is 11.9. The summed E-state index contributed by atoms with van der Waals surface area (Å²) < 4.78 is 5.19. The maximum atomic E-state index is 11.9. The Morgan fingerprint density at radius 3 is 2.94 bits per heavy atom. The zero-order chi connectivity index (χ0) is 11.5. The molecule has 0 aromatic heterocycles. The van der Waals surface area contributed by atoms with Gasteiger partial charge in [0.05, 0.1) is 6.61 Å². The van der Waals surface area contributed by atoms with Gasteiger partial charge in [-0.1, -0.05) is 23.2 Å². The van der Waals surface area contributed by atoms with Gasteiger partial charge >= 0.3 is 0 Å². The third kappa shape index (κ3) is 2.76. The number of rotatable bonds is 3. The molecule has 0 spiro atoms. The molecule has 1 aromatic carbocycles. The third-order valence-corrected chi connectivity index (χ3v) is 3.36. The molecule has 0 radical (unpaired) electrons. The Morgan fingerprint density at radius 2 is 2.25 bits per heavy atom. The van der Waals surface area contributed by atoms with Gasteiger partial charge in [-0.3, -0.25) is 4.79 Å². The molecule has 1 aliphatic rings. The molecular formula is C12H12Cl2O2. The average Bonchev–Trinajstić information content (AvgIpc) is 2.76. The normalized spacial score (nSPS) is 20.0.